The quantitative estimate of drug-likeness (QED) is 0.611. The van der Waals surface area contributed by atoms with E-state index in [0.717, 1.165) is 5.56 Å². The van der Waals surface area contributed by atoms with Crippen LogP contribution in [-0.4, -0.2) is 25.9 Å². The van der Waals surface area contributed by atoms with Crippen molar-refractivity contribution in [3.05, 3.63) is 58.6 Å². The van der Waals surface area contributed by atoms with E-state index in [4.69, 9.17) is 23.2 Å². The van der Waals surface area contributed by atoms with Crippen molar-refractivity contribution in [2.24, 2.45) is 7.05 Å². The molecule has 3 rings (SSSR count). The van der Waals surface area contributed by atoms with Crippen molar-refractivity contribution in [1.82, 2.24) is 14.8 Å². The Balaban J connectivity index is 1.70. The SMILES string of the molecule is C[C@@H](Sc1nnc(-c2ccc(Cl)cc2)n1C)C(=O)Nc1cccc(Cl)c1. The van der Waals surface area contributed by atoms with Gasteiger partial charge in [0.2, 0.25) is 5.91 Å². The second-order valence-electron chi connectivity index (χ2n) is 5.63. The second kappa shape index (κ2) is 8.12. The van der Waals surface area contributed by atoms with Gasteiger partial charge in [0.1, 0.15) is 0 Å². The predicted octanol–water partition coefficient (Wildman–Crippen LogP) is 4.91. The lowest BCUT2D eigenvalue weighted by Crippen LogP contribution is -2.22. The lowest BCUT2D eigenvalue weighted by molar-refractivity contribution is -0.115. The zero-order valence-corrected chi connectivity index (χ0v) is 16.4. The summed E-state index contributed by atoms with van der Waals surface area (Å²) in [5, 5.41) is 12.8. The molecule has 26 heavy (non-hydrogen) atoms. The van der Waals surface area contributed by atoms with Crippen LogP contribution < -0.4 is 5.32 Å². The monoisotopic (exact) mass is 406 g/mol. The molecule has 134 valence electrons. The van der Waals surface area contributed by atoms with Gasteiger partial charge in [-0.05, 0) is 49.4 Å². The van der Waals surface area contributed by atoms with Gasteiger partial charge in [0.25, 0.3) is 0 Å². The van der Waals surface area contributed by atoms with Crippen LogP contribution in [0.4, 0.5) is 5.69 Å². The molecule has 2 aromatic carbocycles. The van der Waals surface area contributed by atoms with Gasteiger partial charge < -0.3 is 9.88 Å². The number of aromatic nitrogens is 3. The fourth-order valence-corrected chi connectivity index (χ4v) is 3.42. The van der Waals surface area contributed by atoms with Gasteiger partial charge in [0.15, 0.2) is 11.0 Å². The molecule has 0 saturated carbocycles. The van der Waals surface area contributed by atoms with Crippen LogP contribution in [0.15, 0.2) is 53.7 Å². The zero-order chi connectivity index (χ0) is 18.7. The van der Waals surface area contributed by atoms with E-state index in [9.17, 15) is 4.79 Å². The van der Waals surface area contributed by atoms with E-state index in [1.54, 1.807) is 36.4 Å². The summed E-state index contributed by atoms with van der Waals surface area (Å²) in [5.74, 6) is 0.583. The maximum absolute atomic E-state index is 12.4. The minimum absolute atomic E-state index is 0.131. The molecular formula is C18H16Cl2N4OS. The smallest absolute Gasteiger partial charge is 0.237 e. The minimum atomic E-state index is -0.352. The molecule has 0 aliphatic heterocycles. The molecule has 8 heteroatoms. The highest BCUT2D eigenvalue weighted by atomic mass is 35.5. The number of nitrogens with one attached hydrogen (secondary N) is 1. The molecule has 0 radical (unpaired) electrons. The number of carbonyl (C=O) groups excluding carboxylic acids is 1. The van der Waals surface area contributed by atoms with Crippen molar-refractivity contribution in [3.63, 3.8) is 0 Å². The summed E-state index contributed by atoms with van der Waals surface area (Å²) in [6.07, 6.45) is 0. The van der Waals surface area contributed by atoms with Crippen molar-refractivity contribution in [1.29, 1.82) is 0 Å². The first-order valence-corrected chi connectivity index (χ1v) is 9.46. The average Bonchev–Trinajstić information content (AvgIpc) is 2.96. The first kappa shape index (κ1) is 18.8. The molecule has 0 saturated heterocycles. The van der Waals surface area contributed by atoms with Crippen LogP contribution in [0.2, 0.25) is 10.0 Å². The van der Waals surface area contributed by atoms with E-state index in [1.165, 1.54) is 11.8 Å². The molecule has 3 aromatic rings. The minimum Gasteiger partial charge on any atom is -0.325 e. The number of hydrogen-bond acceptors (Lipinski definition) is 4. The van der Waals surface area contributed by atoms with Gasteiger partial charge in [-0.25, -0.2) is 0 Å². The molecule has 1 aromatic heterocycles. The maximum Gasteiger partial charge on any atom is 0.237 e. The Morgan fingerprint density at radius 1 is 1.12 bits per heavy atom. The lowest BCUT2D eigenvalue weighted by Gasteiger charge is -2.12. The van der Waals surface area contributed by atoms with Gasteiger partial charge in [-0.3, -0.25) is 4.79 Å². The second-order valence-corrected chi connectivity index (χ2v) is 7.81. The van der Waals surface area contributed by atoms with Crippen molar-refractivity contribution in [2.45, 2.75) is 17.3 Å². The first-order chi connectivity index (χ1) is 12.4. The molecule has 0 aliphatic rings. The summed E-state index contributed by atoms with van der Waals surface area (Å²) in [7, 11) is 1.87. The molecule has 1 atom stereocenters. The van der Waals surface area contributed by atoms with E-state index >= 15 is 0 Å². The molecule has 1 amide bonds. The number of nitrogens with zero attached hydrogens (tertiary/aromatic N) is 3. The number of thioether (sulfide) groups is 1. The summed E-state index contributed by atoms with van der Waals surface area (Å²) in [6.45, 7) is 1.82. The number of carbonyl (C=O) groups is 1. The van der Waals surface area contributed by atoms with Gasteiger partial charge in [-0.2, -0.15) is 0 Å². The number of amides is 1. The van der Waals surface area contributed by atoms with Crippen LogP contribution in [0, 0.1) is 0 Å². The summed E-state index contributed by atoms with van der Waals surface area (Å²) >= 11 is 13.2. The average molecular weight is 407 g/mol. The first-order valence-electron chi connectivity index (χ1n) is 7.82. The van der Waals surface area contributed by atoms with Crippen molar-refractivity contribution in [2.75, 3.05) is 5.32 Å². The van der Waals surface area contributed by atoms with Crippen LogP contribution in [0.5, 0.6) is 0 Å². The van der Waals surface area contributed by atoms with Gasteiger partial charge >= 0.3 is 0 Å². The molecule has 0 fully saturated rings. The third kappa shape index (κ3) is 4.38. The van der Waals surface area contributed by atoms with Crippen LogP contribution in [-0.2, 0) is 11.8 Å². The molecule has 0 unspecified atom stereocenters. The standard InChI is InChI=1S/C18H16Cl2N4OS/c1-11(17(25)21-15-5-3-4-14(20)10-15)26-18-23-22-16(24(18)2)12-6-8-13(19)9-7-12/h3-11H,1-2H3,(H,21,25)/t11-/m1/s1. The van der Waals surface area contributed by atoms with Crippen LogP contribution >= 0.6 is 35.0 Å². The van der Waals surface area contributed by atoms with Gasteiger partial charge in [-0.15, -0.1) is 10.2 Å². The number of anilines is 1. The summed E-state index contributed by atoms with van der Waals surface area (Å²) in [4.78, 5) is 12.4. The third-order valence-corrected chi connectivity index (χ3v) is 5.30. The third-order valence-electron chi connectivity index (χ3n) is 3.68. The van der Waals surface area contributed by atoms with Crippen molar-refractivity contribution >= 4 is 46.6 Å². The highest BCUT2D eigenvalue weighted by Gasteiger charge is 2.19. The number of benzene rings is 2. The summed E-state index contributed by atoms with van der Waals surface area (Å²) in [5.41, 5.74) is 1.57. The number of halogens is 2. The Hall–Kier alpha value is -2.02. The molecule has 0 bridgehead atoms. The molecular weight excluding hydrogens is 391 g/mol. The Bertz CT molecular complexity index is 927. The highest BCUT2D eigenvalue weighted by molar-refractivity contribution is 8.00. The van der Waals surface area contributed by atoms with Crippen LogP contribution in [0.3, 0.4) is 0 Å². The van der Waals surface area contributed by atoms with Crippen LogP contribution in [0.25, 0.3) is 11.4 Å². The van der Waals surface area contributed by atoms with Crippen molar-refractivity contribution < 1.29 is 4.79 Å². The Morgan fingerprint density at radius 3 is 2.54 bits per heavy atom. The Kier molecular flexibility index (Phi) is 5.86. The normalized spacial score (nSPS) is 12.0. The maximum atomic E-state index is 12.4. The molecule has 0 aliphatic carbocycles. The number of hydrogen-bond donors (Lipinski definition) is 1. The summed E-state index contributed by atoms with van der Waals surface area (Å²) < 4.78 is 1.86. The highest BCUT2D eigenvalue weighted by Crippen LogP contribution is 2.27. The van der Waals surface area contributed by atoms with Crippen LogP contribution in [0.1, 0.15) is 6.92 Å². The van der Waals surface area contributed by atoms with Gasteiger partial charge in [0, 0.05) is 28.3 Å². The topological polar surface area (TPSA) is 59.8 Å². The van der Waals surface area contributed by atoms with E-state index in [1.807, 2.05) is 30.7 Å². The van der Waals surface area contributed by atoms with E-state index in [0.29, 0.717) is 26.7 Å². The van der Waals surface area contributed by atoms with E-state index in [-0.39, 0.29) is 11.2 Å². The Morgan fingerprint density at radius 2 is 1.85 bits per heavy atom. The lowest BCUT2D eigenvalue weighted by atomic mass is 10.2. The molecule has 1 heterocycles. The predicted molar refractivity (Wildman–Crippen MR) is 107 cm³/mol. The van der Waals surface area contributed by atoms with Crippen molar-refractivity contribution in [3.8, 4) is 11.4 Å². The molecule has 0 spiro atoms. The Labute approximate surface area is 165 Å². The van der Waals surface area contributed by atoms with E-state index < -0.39 is 0 Å². The van der Waals surface area contributed by atoms with Gasteiger partial charge in [-0.1, -0.05) is 41.0 Å². The summed E-state index contributed by atoms with van der Waals surface area (Å²) in [6, 6.07) is 14.4. The zero-order valence-electron chi connectivity index (χ0n) is 14.1. The largest absolute Gasteiger partial charge is 0.325 e. The molecule has 5 nitrogen and oxygen atoms in total. The van der Waals surface area contributed by atoms with Gasteiger partial charge in [0.05, 0.1) is 5.25 Å². The fraction of sp³-hybridized carbons (Fsp3) is 0.167. The molecule has 1 N–H and O–H groups in total. The fourth-order valence-electron chi connectivity index (χ4n) is 2.29. The number of rotatable bonds is 5. The van der Waals surface area contributed by atoms with E-state index in [2.05, 4.69) is 15.5 Å².